The highest BCUT2D eigenvalue weighted by atomic mass is 35.5. The maximum absolute atomic E-state index is 6.34. The van der Waals surface area contributed by atoms with Gasteiger partial charge in [0.25, 0.3) is 0 Å². The number of anilines is 1. The van der Waals surface area contributed by atoms with E-state index in [0.717, 1.165) is 41.8 Å². The maximum atomic E-state index is 6.34. The molecule has 0 amide bonds. The second kappa shape index (κ2) is 4.86. The summed E-state index contributed by atoms with van der Waals surface area (Å²) in [6.07, 6.45) is 0. The van der Waals surface area contributed by atoms with Gasteiger partial charge in [-0.3, -0.25) is 0 Å². The molecule has 18 heavy (non-hydrogen) atoms. The summed E-state index contributed by atoms with van der Waals surface area (Å²) in [5, 5.41) is 4.15. The van der Waals surface area contributed by atoms with Gasteiger partial charge in [-0.05, 0) is 19.1 Å². The van der Waals surface area contributed by atoms with E-state index in [2.05, 4.69) is 17.1 Å². The van der Waals surface area contributed by atoms with Gasteiger partial charge in [-0.2, -0.15) is 0 Å². The Morgan fingerprint density at radius 1 is 1.33 bits per heavy atom. The minimum Gasteiger partial charge on any atom is -0.486 e. The van der Waals surface area contributed by atoms with Crippen LogP contribution in [-0.4, -0.2) is 38.9 Å². The summed E-state index contributed by atoms with van der Waals surface area (Å²) in [5.74, 6) is 1.59. The number of fused-ring (bicyclic) bond motifs is 1. The molecule has 5 heteroatoms. The lowest BCUT2D eigenvalue weighted by Crippen LogP contribution is -2.49. The molecule has 98 valence electrons. The van der Waals surface area contributed by atoms with Crippen molar-refractivity contribution in [1.29, 1.82) is 0 Å². The van der Waals surface area contributed by atoms with Crippen molar-refractivity contribution in [2.75, 3.05) is 37.7 Å². The molecule has 1 atom stereocenters. The number of halogens is 1. The zero-order valence-electron chi connectivity index (χ0n) is 10.4. The molecule has 0 radical (unpaired) electrons. The van der Waals surface area contributed by atoms with Crippen molar-refractivity contribution in [3.05, 3.63) is 17.2 Å². The van der Waals surface area contributed by atoms with Crippen molar-refractivity contribution in [2.45, 2.75) is 13.0 Å². The smallest absolute Gasteiger partial charge is 0.186 e. The van der Waals surface area contributed by atoms with Crippen molar-refractivity contribution in [1.82, 2.24) is 5.32 Å². The standard InChI is InChI=1S/C13H17ClN2O2/c1-9-8-16(5-4-15-9)12-10(14)2-3-11-13(12)18-7-6-17-11/h2-3,9,15H,4-8H2,1H3. The third kappa shape index (κ3) is 2.10. The Morgan fingerprint density at radius 3 is 3.00 bits per heavy atom. The molecule has 1 saturated heterocycles. The molecule has 2 aliphatic heterocycles. The normalized spacial score (nSPS) is 23.0. The molecule has 3 rings (SSSR count). The summed E-state index contributed by atoms with van der Waals surface area (Å²) in [7, 11) is 0. The SMILES string of the molecule is CC1CN(c2c(Cl)ccc3c2OCCO3)CCN1. The first kappa shape index (κ1) is 11.9. The van der Waals surface area contributed by atoms with Crippen molar-refractivity contribution >= 4 is 17.3 Å². The number of benzene rings is 1. The molecule has 2 heterocycles. The quantitative estimate of drug-likeness (QED) is 0.844. The number of hydrogen-bond donors (Lipinski definition) is 1. The van der Waals surface area contributed by atoms with Crippen LogP contribution in [0.2, 0.25) is 5.02 Å². The van der Waals surface area contributed by atoms with Crippen LogP contribution in [0.4, 0.5) is 5.69 Å². The van der Waals surface area contributed by atoms with Crippen LogP contribution >= 0.6 is 11.6 Å². The summed E-state index contributed by atoms with van der Waals surface area (Å²) in [6, 6.07) is 4.22. The van der Waals surface area contributed by atoms with Gasteiger partial charge in [-0.25, -0.2) is 0 Å². The van der Waals surface area contributed by atoms with Crippen LogP contribution in [0.3, 0.4) is 0 Å². The molecule has 1 fully saturated rings. The van der Waals surface area contributed by atoms with Gasteiger partial charge in [0, 0.05) is 25.7 Å². The molecule has 0 bridgehead atoms. The molecule has 1 aromatic rings. The second-order valence-corrected chi connectivity index (χ2v) is 5.13. The number of rotatable bonds is 1. The van der Waals surface area contributed by atoms with E-state index in [1.54, 1.807) is 0 Å². The molecular formula is C13H17ClN2O2. The van der Waals surface area contributed by atoms with Crippen LogP contribution in [0.15, 0.2) is 12.1 Å². The number of ether oxygens (including phenoxy) is 2. The average Bonchev–Trinajstić information content (AvgIpc) is 2.38. The van der Waals surface area contributed by atoms with Gasteiger partial charge in [0.15, 0.2) is 11.5 Å². The molecule has 1 unspecified atom stereocenters. The van der Waals surface area contributed by atoms with Crippen molar-refractivity contribution < 1.29 is 9.47 Å². The van der Waals surface area contributed by atoms with Crippen molar-refractivity contribution in [3.63, 3.8) is 0 Å². The van der Waals surface area contributed by atoms with Gasteiger partial charge >= 0.3 is 0 Å². The Labute approximate surface area is 112 Å². The number of piperazine rings is 1. The Balaban J connectivity index is 1.99. The van der Waals surface area contributed by atoms with Gasteiger partial charge in [-0.1, -0.05) is 11.6 Å². The zero-order chi connectivity index (χ0) is 12.5. The summed E-state index contributed by atoms with van der Waals surface area (Å²) in [5.41, 5.74) is 0.974. The fraction of sp³-hybridized carbons (Fsp3) is 0.538. The lowest BCUT2D eigenvalue weighted by molar-refractivity contribution is 0.172. The van der Waals surface area contributed by atoms with Crippen LogP contribution in [0.1, 0.15) is 6.92 Å². The third-order valence-corrected chi connectivity index (χ3v) is 3.62. The fourth-order valence-corrected chi connectivity index (χ4v) is 2.78. The van der Waals surface area contributed by atoms with Gasteiger partial charge in [0.2, 0.25) is 0 Å². The van der Waals surface area contributed by atoms with Crippen molar-refractivity contribution in [2.24, 2.45) is 0 Å². The number of nitrogens with one attached hydrogen (secondary N) is 1. The largest absolute Gasteiger partial charge is 0.486 e. The van der Waals surface area contributed by atoms with E-state index >= 15 is 0 Å². The van der Waals surface area contributed by atoms with Gasteiger partial charge in [-0.15, -0.1) is 0 Å². The highest BCUT2D eigenvalue weighted by molar-refractivity contribution is 6.33. The molecule has 1 aromatic carbocycles. The molecule has 0 saturated carbocycles. The molecular weight excluding hydrogens is 252 g/mol. The van der Waals surface area contributed by atoms with E-state index in [4.69, 9.17) is 21.1 Å². The lowest BCUT2D eigenvalue weighted by atomic mass is 10.1. The first-order valence-electron chi connectivity index (χ1n) is 6.32. The Morgan fingerprint density at radius 2 is 2.17 bits per heavy atom. The van der Waals surface area contributed by atoms with E-state index in [9.17, 15) is 0 Å². The zero-order valence-corrected chi connectivity index (χ0v) is 11.2. The highest BCUT2D eigenvalue weighted by Crippen LogP contribution is 2.44. The first-order valence-corrected chi connectivity index (χ1v) is 6.70. The van der Waals surface area contributed by atoms with Crippen molar-refractivity contribution in [3.8, 4) is 11.5 Å². The second-order valence-electron chi connectivity index (χ2n) is 4.72. The predicted octanol–water partition coefficient (Wildman–Crippen LogP) is 1.91. The number of nitrogens with zero attached hydrogens (tertiary/aromatic N) is 1. The van der Waals surface area contributed by atoms with E-state index < -0.39 is 0 Å². The van der Waals surface area contributed by atoms with Crippen LogP contribution in [0.25, 0.3) is 0 Å². The Kier molecular flexibility index (Phi) is 3.22. The Hall–Kier alpha value is -1.13. The van der Waals surface area contributed by atoms with E-state index in [1.165, 1.54) is 0 Å². The molecule has 1 N–H and O–H groups in total. The monoisotopic (exact) mass is 268 g/mol. The first-order chi connectivity index (χ1) is 8.75. The summed E-state index contributed by atoms with van der Waals surface area (Å²) >= 11 is 6.34. The van der Waals surface area contributed by atoms with Crippen LogP contribution in [0.5, 0.6) is 11.5 Å². The average molecular weight is 269 g/mol. The van der Waals surface area contributed by atoms with E-state index in [0.29, 0.717) is 19.3 Å². The van der Waals surface area contributed by atoms with Gasteiger partial charge in [0.05, 0.1) is 5.02 Å². The molecule has 4 nitrogen and oxygen atoms in total. The topological polar surface area (TPSA) is 33.7 Å². The summed E-state index contributed by atoms with van der Waals surface area (Å²) in [4.78, 5) is 2.27. The fourth-order valence-electron chi connectivity index (χ4n) is 2.51. The van der Waals surface area contributed by atoms with Crippen LogP contribution < -0.4 is 19.7 Å². The maximum Gasteiger partial charge on any atom is 0.186 e. The summed E-state index contributed by atoms with van der Waals surface area (Å²) in [6.45, 7) is 6.19. The molecule has 0 aliphatic carbocycles. The third-order valence-electron chi connectivity index (χ3n) is 3.32. The molecule has 0 spiro atoms. The Bertz CT molecular complexity index is 453. The summed E-state index contributed by atoms with van der Waals surface area (Å²) < 4.78 is 11.4. The molecule has 0 aromatic heterocycles. The lowest BCUT2D eigenvalue weighted by Gasteiger charge is -2.36. The van der Waals surface area contributed by atoms with Crippen LogP contribution in [0, 0.1) is 0 Å². The predicted molar refractivity (Wildman–Crippen MR) is 72.1 cm³/mol. The number of hydrogen-bond acceptors (Lipinski definition) is 4. The minimum atomic E-state index is 0.454. The van der Waals surface area contributed by atoms with E-state index in [-0.39, 0.29) is 0 Å². The minimum absolute atomic E-state index is 0.454. The molecule has 2 aliphatic rings. The van der Waals surface area contributed by atoms with Gasteiger partial charge in [0.1, 0.15) is 18.9 Å². The van der Waals surface area contributed by atoms with E-state index in [1.807, 2.05) is 12.1 Å². The highest BCUT2D eigenvalue weighted by Gasteiger charge is 2.25. The van der Waals surface area contributed by atoms with Crippen LogP contribution in [-0.2, 0) is 0 Å². The van der Waals surface area contributed by atoms with Gasteiger partial charge < -0.3 is 19.7 Å².